The van der Waals surface area contributed by atoms with Gasteiger partial charge in [-0.05, 0) is 49.6 Å². The minimum absolute atomic E-state index is 0.0727. The van der Waals surface area contributed by atoms with Crippen LogP contribution in [0.3, 0.4) is 0 Å². The van der Waals surface area contributed by atoms with Crippen molar-refractivity contribution in [1.82, 2.24) is 19.8 Å². The number of nitrogens with zero attached hydrogens (tertiary/aromatic N) is 6. The van der Waals surface area contributed by atoms with E-state index in [1.807, 2.05) is 18.2 Å². The van der Waals surface area contributed by atoms with Crippen molar-refractivity contribution in [3.63, 3.8) is 0 Å². The average Bonchev–Trinajstić information content (AvgIpc) is 2.90. The molecule has 1 N–H and O–H groups in total. The van der Waals surface area contributed by atoms with E-state index < -0.39 is 23.9 Å². The lowest BCUT2D eigenvalue weighted by Crippen LogP contribution is -2.48. The molecule has 0 unspecified atom stereocenters. The van der Waals surface area contributed by atoms with Gasteiger partial charge in [0.2, 0.25) is 11.8 Å². The number of fused-ring (bicyclic) bond motifs is 1. The molecule has 3 amide bonds. The second-order valence-corrected chi connectivity index (χ2v) is 10.5. The molecule has 0 aliphatic carbocycles. The molecule has 10 nitrogen and oxygen atoms in total. The fourth-order valence-electron chi connectivity index (χ4n) is 4.64. The Kier molecular flexibility index (Phi) is 8.87. The van der Waals surface area contributed by atoms with Crippen LogP contribution in [-0.2, 0) is 23.7 Å². The largest absolute Gasteiger partial charge is 0.481 e. The van der Waals surface area contributed by atoms with E-state index in [1.54, 1.807) is 22.7 Å². The second kappa shape index (κ2) is 12.1. The average molecular weight is 560 g/mol. The Morgan fingerprint density at radius 2 is 2.08 bits per heavy atom. The molecule has 13 heteroatoms. The minimum Gasteiger partial charge on any atom is -0.481 e. The quantitative estimate of drug-likeness (QED) is 0.489. The number of carbonyl (C=O) groups excluding carboxylic acids is 2. The van der Waals surface area contributed by atoms with Crippen molar-refractivity contribution in [3.05, 3.63) is 40.6 Å². The first kappa shape index (κ1) is 28.5. The third kappa shape index (κ3) is 6.39. The molecule has 2 aromatic heterocycles. The predicted octanol–water partition coefficient (Wildman–Crippen LogP) is 3.46. The Balaban J connectivity index is 1.60. The van der Waals surface area contributed by atoms with Crippen molar-refractivity contribution in [1.29, 1.82) is 5.26 Å². The maximum absolute atomic E-state index is 15.1. The summed E-state index contributed by atoms with van der Waals surface area (Å²) < 4.78 is 35.6. The highest BCUT2D eigenvalue weighted by molar-refractivity contribution is 7.98. The van der Waals surface area contributed by atoms with Crippen LogP contribution in [0.1, 0.15) is 35.1 Å². The fourth-order valence-corrected chi connectivity index (χ4v) is 5.07. The van der Waals surface area contributed by atoms with Gasteiger partial charge < -0.3 is 9.64 Å². The van der Waals surface area contributed by atoms with E-state index in [-0.39, 0.29) is 43.1 Å². The topological polar surface area (TPSA) is 115 Å². The first-order valence-corrected chi connectivity index (χ1v) is 13.9. The zero-order chi connectivity index (χ0) is 28.2. The number of nitriles is 1. The number of aryl methyl sites for hydroxylation is 1. The number of urea groups is 1. The van der Waals surface area contributed by atoms with E-state index >= 15 is 8.78 Å². The van der Waals surface area contributed by atoms with Crippen LogP contribution in [0.25, 0.3) is 0 Å². The van der Waals surface area contributed by atoms with Crippen molar-refractivity contribution in [2.45, 2.75) is 31.7 Å². The molecule has 39 heavy (non-hydrogen) atoms. The number of piperazine rings is 1. The number of aromatic nitrogens is 2. The lowest BCUT2D eigenvalue weighted by Gasteiger charge is -2.35. The smallest absolute Gasteiger partial charge is 0.328 e. The third-order valence-electron chi connectivity index (χ3n) is 6.79. The number of methoxy groups -OCH3 is 1. The van der Waals surface area contributed by atoms with Gasteiger partial charge in [-0.15, -0.1) is 0 Å². The molecule has 0 bridgehead atoms. The molecule has 1 saturated heterocycles. The zero-order valence-electron chi connectivity index (χ0n) is 22.2. The summed E-state index contributed by atoms with van der Waals surface area (Å²) in [6.45, 7) is 1.17. The van der Waals surface area contributed by atoms with Gasteiger partial charge in [0.25, 0.3) is 5.92 Å². The van der Waals surface area contributed by atoms with Crippen LogP contribution in [-0.4, -0.2) is 84.1 Å². The highest BCUT2D eigenvalue weighted by Crippen LogP contribution is 2.43. The van der Waals surface area contributed by atoms with Crippen molar-refractivity contribution in [2.75, 3.05) is 62.6 Å². The standard InChI is InChI=1S/C26H31F2N7O3S/c1-33-8-9-34(22(36)16-33)15-18-11-20-23(32-24(18)38-2)35(7-6-26(20,27)28)25(37)31-21-12-17(5-4-10-39-3)19(13-29)14-30-21/h11-12,14H,4-10,15-16H2,1-3H3,(H,30,31,37). The van der Waals surface area contributed by atoms with Gasteiger partial charge in [0.15, 0.2) is 0 Å². The molecule has 0 atom stereocenters. The van der Waals surface area contributed by atoms with E-state index in [9.17, 15) is 14.9 Å². The summed E-state index contributed by atoms with van der Waals surface area (Å²) in [4.78, 5) is 38.8. The Hall–Kier alpha value is -3.50. The Bertz CT molecular complexity index is 1290. The van der Waals surface area contributed by atoms with Crippen LogP contribution in [0.5, 0.6) is 5.88 Å². The highest BCUT2D eigenvalue weighted by Gasteiger charge is 2.43. The summed E-state index contributed by atoms with van der Waals surface area (Å²) in [7, 11) is 3.21. The number of ether oxygens (including phenoxy) is 1. The predicted molar refractivity (Wildman–Crippen MR) is 144 cm³/mol. The van der Waals surface area contributed by atoms with Crippen LogP contribution in [0, 0.1) is 11.3 Å². The summed E-state index contributed by atoms with van der Waals surface area (Å²) in [6, 6.07) is 4.37. The number of likely N-dealkylation sites (N-methyl/N-ethyl adjacent to an activating group) is 1. The van der Waals surface area contributed by atoms with Crippen molar-refractivity contribution < 1.29 is 23.1 Å². The SMILES string of the molecule is COc1nc2c(cc1CN1CCN(C)CC1=O)C(F)(F)CCN2C(=O)Nc1cc(CCCSC)c(C#N)cn1. The van der Waals surface area contributed by atoms with Crippen LogP contribution in [0.4, 0.5) is 25.2 Å². The van der Waals surface area contributed by atoms with Gasteiger partial charge in [-0.3, -0.25) is 19.9 Å². The minimum atomic E-state index is -3.22. The van der Waals surface area contributed by atoms with Gasteiger partial charge >= 0.3 is 6.03 Å². The molecule has 1 fully saturated rings. The molecular weight excluding hydrogens is 528 g/mol. The van der Waals surface area contributed by atoms with Crippen molar-refractivity contribution >= 4 is 35.3 Å². The number of thioether (sulfide) groups is 1. The van der Waals surface area contributed by atoms with Crippen LogP contribution in [0.15, 0.2) is 18.3 Å². The molecule has 2 aliphatic rings. The number of pyridine rings is 2. The summed E-state index contributed by atoms with van der Waals surface area (Å²) in [5.41, 5.74) is 1.13. The molecule has 0 saturated carbocycles. The monoisotopic (exact) mass is 559 g/mol. The van der Waals surface area contributed by atoms with Gasteiger partial charge in [0.1, 0.15) is 17.7 Å². The lowest BCUT2D eigenvalue weighted by molar-refractivity contribution is -0.136. The highest BCUT2D eigenvalue weighted by atomic mass is 32.2. The maximum Gasteiger partial charge on any atom is 0.328 e. The van der Waals surface area contributed by atoms with E-state index in [4.69, 9.17) is 4.74 Å². The van der Waals surface area contributed by atoms with Gasteiger partial charge in [-0.2, -0.15) is 22.0 Å². The molecule has 208 valence electrons. The first-order chi connectivity index (χ1) is 18.7. The lowest BCUT2D eigenvalue weighted by atomic mass is 9.99. The van der Waals surface area contributed by atoms with Gasteiger partial charge in [0, 0.05) is 37.8 Å². The van der Waals surface area contributed by atoms with Gasteiger partial charge in [-0.1, -0.05) is 0 Å². The normalized spacial score (nSPS) is 17.0. The number of hydrogen-bond donors (Lipinski definition) is 1. The number of nitrogens with one attached hydrogen (secondary N) is 1. The Morgan fingerprint density at radius 1 is 1.28 bits per heavy atom. The van der Waals surface area contributed by atoms with Crippen molar-refractivity contribution in [2.24, 2.45) is 0 Å². The van der Waals surface area contributed by atoms with E-state index in [0.29, 0.717) is 30.6 Å². The summed E-state index contributed by atoms with van der Waals surface area (Å²) in [6.07, 6.45) is 4.31. The van der Waals surface area contributed by atoms with Crippen LogP contribution >= 0.6 is 11.8 Å². The number of halogens is 2. The summed E-state index contributed by atoms with van der Waals surface area (Å²) in [5.74, 6) is -2.32. The van der Waals surface area contributed by atoms with Crippen molar-refractivity contribution in [3.8, 4) is 11.9 Å². The number of alkyl halides is 2. The van der Waals surface area contributed by atoms with E-state index in [2.05, 4.69) is 21.4 Å². The Labute approximate surface area is 230 Å². The number of rotatable bonds is 8. The fraction of sp³-hybridized carbons (Fsp3) is 0.500. The second-order valence-electron chi connectivity index (χ2n) is 9.55. The zero-order valence-corrected chi connectivity index (χ0v) is 23.0. The van der Waals surface area contributed by atoms with Gasteiger partial charge in [0.05, 0.1) is 31.3 Å². The van der Waals surface area contributed by atoms with Crippen LogP contribution in [0.2, 0.25) is 0 Å². The molecule has 0 aromatic carbocycles. The molecule has 2 aromatic rings. The number of hydrogen-bond acceptors (Lipinski definition) is 8. The first-order valence-electron chi connectivity index (χ1n) is 12.6. The number of amides is 3. The Morgan fingerprint density at radius 3 is 2.77 bits per heavy atom. The third-order valence-corrected chi connectivity index (χ3v) is 7.49. The summed E-state index contributed by atoms with van der Waals surface area (Å²) >= 11 is 1.70. The molecule has 0 spiro atoms. The van der Waals surface area contributed by atoms with E-state index in [0.717, 1.165) is 22.6 Å². The maximum atomic E-state index is 15.1. The summed E-state index contributed by atoms with van der Waals surface area (Å²) in [5, 5.41) is 12.1. The van der Waals surface area contributed by atoms with Gasteiger partial charge in [-0.25, -0.2) is 18.6 Å². The molecule has 4 rings (SSSR count). The molecule has 4 heterocycles. The molecule has 0 radical (unpaired) electrons. The van der Waals surface area contributed by atoms with Crippen LogP contribution < -0.4 is 15.0 Å². The number of carbonyl (C=O) groups is 2. The van der Waals surface area contributed by atoms with E-state index in [1.165, 1.54) is 19.4 Å². The molecular formula is C26H31F2N7O3S. The number of anilines is 2. The molecule has 2 aliphatic heterocycles.